The molecule has 0 aliphatic carbocycles. The number of nitrogens with two attached hydrogens (primary N) is 1. The van der Waals surface area contributed by atoms with Crippen molar-refractivity contribution in [1.29, 1.82) is 0 Å². The van der Waals surface area contributed by atoms with Gasteiger partial charge in [0, 0.05) is 23.2 Å². The van der Waals surface area contributed by atoms with E-state index in [2.05, 4.69) is 20.2 Å². The molecule has 1 aromatic carbocycles. The molecule has 11 heteroatoms. The number of carbonyl (C=O) groups excluding carboxylic acids is 1. The third kappa shape index (κ3) is 4.11. The second-order valence-electron chi connectivity index (χ2n) is 5.74. The van der Waals surface area contributed by atoms with Gasteiger partial charge < -0.3 is 31.1 Å². The summed E-state index contributed by atoms with van der Waals surface area (Å²) in [6.07, 6.45) is 0. The average Bonchev–Trinajstić information content (AvgIpc) is 3.30. The number of benzene rings is 1. The molecule has 0 radical (unpaired) electrons. The van der Waals surface area contributed by atoms with E-state index in [1.165, 1.54) is 6.07 Å². The van der Waals surface area contributed by atoms with Crippen molar-refractivity contribution < 1.29 is 25.2 Å². The van der Waals surface area contributed by atoms with E-state index >= 15 is 0 Å². The lowest BCUT2D eigenvalue weighted by Crippen LogP contribution is -2.33. The van der Waals surface area contributed by atoms with E-state index in [4.69, 9.17) is 22.6 Å². The summed E-state index contributed by atoms with van der Waals surface area (Å²) in [5, 5.41) is 31.6. The third-order valence-electron chi connectivity index (χ3n) is 3.93. The fourth-order valence-electron chi connectivity index (χ4n) is 2.53. The number of thiazole rings is 1. The molecule has 1 amide bonds. The van der Waals surface area contributed by atoms with Gasteiger partial charge in [0.1, 0.15) is 10.7 Å². The maximum absolute atomic E-state index is 12.6. The molecule has 148 valence electrons. The van der Waals surface area contributed by atoms with Gasteiger partial charge in [-0.25, -0.2) is 10.2 Å². The van der Waals surface area contributed by atoms with Crippen LogP contribution in [0.3, 0.4) is 0 Å². The smallest absolute Gasteiger partial charge is 0.268 e. The van der Waals surface area contributed by atoms with Crippen LogP contribution in [-0.2, 0) is 6.61 Å². The van der Waals surface area contributed by atoms with Crippen molar-refractivity contribution in [3.8, 4) is 22.9 Å². The van der Waals surface area contributed by atoms with E-state index < -0.39 is 11.9 Å². The van der Waals surface area contributed by atoms with Crippen LogP contribution in [0.2, 0.25) is 5.02 Å². The number of aromatic nitrogens is 2. The zero-order chi connectivity index (χ0) is 20.3. The minimum atomic E-state index is -0.676. The van der Waals surface area contributed by atoms with Crippen molar-refractivity contribution in [3.63, 3.8) is 0 Å². The molecule has 0 bridgehead atoms. The first kappa shape index (κ1) is 20.1. The maximum atomic E-state index is 12.6. The Morgan fingerprint density at radius 1 is 1.39 bits per heavy atom. The number of aromatic amines is 1. The summed E-state index contributed by atoms with van der Waals surface area (Å²) in [6.45, 7) is -0.343. The molecule has 0 saturated heterocycles. The van der Waals surface area contributed by atoms with Crippen molar-refractivity contribution in [2.75, 3.05) is 6.54 Å². The molecule has 2 aromatic heterocycles. The highest BCUT2D eigenvalue weighted by molar-refractivity contribution is 7.12. The number of hydrogen-bond donors (Lipinski definition) is 6. The number of carbonyl (C=O) groups is 1. The zero-order valence-electron chi connectivity index (χ0n) is 14.3. The van der Waals surface area contributed by atoms with Crippen molar-refractivity contribution in [2.24, 2.45) is 5.73 Å². The number of hydrogen-bond acceptors (Lipinski definition) is 8. The highest BCUT2D eigenvalue weighted by atomic mass is 35.5. The normalized spacial score (nSPS) is 12.0. The molecule has 9 nitrogen and oxygen atoms in total. The monoisotopic (exact) mass is 424 g/mol. The van der Waals surface area contributed by atoms with Gasteiger partial charge >= 0.3 is 0 Å². The molecule has 0 saturated carbocycles. The van der Waals surface area contributed by atoms with Crippen LogP contribution in [0.1, 0.15) is 26.4 Å². The first-order valence-corrected chi connectivity index (χ1v) is 9.27. The predicted molar refractivity (Wildman–Crippen MR) is 103 cm³/mol. The quantitative estimate of drug-likeness (QED) is 0.251. The number of rotatable bonds is 7. The highest BCUT2D eigenvalue weighted by Crippen LogP contribution is 2.32. The first-order valence-electron chi connectivity index (χ1n) is 8.07. The number of aromatic hydroxyl groups is 1. The molecular weight excluding hydrogens is 408 g/mol. The molecule has 2 heterocycles. The van der Waals surface area contributed by atoms with Gasteiger partial charge in [-0.2, -0.15) is 0 Å². The molecule has 3 aromatic rings. The Labute approximate surface area is 168 Å². The average molecular weight is 425 g/mol. The van der Waals surface area contributed by atoms with E-state index in [0.717, 1.165) is 11.3 Å². The Morgan fingerprint density at radius 3 is 2.68 bits per heavy atom. The first-order chi connectivity index (χ1) is 13.5. The Kier molecular flexibility index (Phi) is 6.17. The maximum Gasteiger partial charge on any atom is 0.268 e. The molecule has 1 unspecified atom stereocenters. The van der Waals surface area contributed by atoms with Crippen molar-refractivity contribution in [1.82, 2.24) is 15.3 Å². The van der Waals surface area contributed by atoms with Gasteiger partial charge in [-0.15, -0.1) is 11.3 Å². The molecule has 28 heavy (non-hydrogen) atoms. The van der Waals surface area contributed by atoms with Gasteiger partial charge in [0.2, 0.25) is 5.88 Å². The number of nitrogens with zero attached hydrogens (tertiary/aromatic N) is 1. The number of aliphatic hydroxyl groups is 1. The van der Waals surface area contributed by atoms with Crippen LogP contribution in [0.15, 0.2) is 30.3 Å². The summed E-state index contributed by atoms with van der Waals surface area (Å²) >= 11 is 6.93. The lowest BCUT2D eigenvalue weighted by atomic mass is 10.1. The molecule has 1 atom stereocenters. The summed E-state index contributed by atoms with van der Waals surface area (Å²) in [6, 6.07) is 7.40. The summed E-state index contributed by atoms with van der Waals surface area (Å²) in [5.74, 6) is -0.753. The van der Waals surface area contributed by atoms with Crippen molar-refractivity contribution in [2.45, 2.75) is 12.6 Å². The van der Waals surface area contributed by atoms with E-state index in [1.54, 1.807) is 24.3 Å². The summed E-state index contributed by atoms with van der Waals surface area (Å²) in [7, 11) is 0. The van der Waals surface area contributed by atoms with Gasteiger partial charge in [-0.1, -0.05) is 23.7 Å². The minimum absolute atomic E-state index is 0.0255. The predicted octanol–water partition coefficient (Wildman–Crippen LogP) is 2.27. The van der Waals surface area contributed by atoms with Crippen LogP contribution < -0.4 is 15.9 Å². The number of aliphatic hydroxyl groups excluding tert-OH is 1. The van der Waals surface area contributed by atoms with Gasteiger partial charge in [-0.05, 0) is 12.1 Å². The standard InChI is InChI=1S/C17H17ClN4O5S/c18-9-3-1-8(2-4-9)14-12(27-26)5-10(20-14)15(24)21-11(6-19)17-22-16(25)13(7-23)28-17/h1-5,11,20,23,25-26H,6-7,19H2,(H,21,24). The van der Waals surface area contributed by atoms with Gasteiger partial charge in [0.25, 0.3) is 5.91 Å². The Bertz CT molecular complexity index is 973. The molecule has 0 spiro atoms. The fourth-order valence-corrected chi connectivity index (χ4v) is 3.54. The molecule has 3 rings (SSSR count). The summed E-state index contributed by atoms with van der Waals surface area (Å²) in [5.41, 5.74) is 6.88. The van der Waals surface area contributed by atoms with Gasteiger partial charge in [0.15, 0.2) is 5.75 Å². The minimum Gasteiger partial charge on any atom is -0.492 e. The zero-order valence-corrected chi connectivity index (χ0v) is 15.9. The number of H-pyrrole nitrogens is 1. The topological polar surface area (TPSA) is 154 Å². The van der Waals surface area contributed by atoms with Crippen LogP contribution in [0.25, 0.3) is 11.3 Å². The van der Waals surface area contributed by atoms with Gasteiger partial charge in [0.05, 0.1) is 23.2 Å². The number of amides is 1. The second kappa shape index (κ2) is 8.59. The van der Waals surface area contributed by atoms with E-state index in [1.807, 2.05) is 0 Å². The molecular formula is C17H17ClN4O5S. The molecule has 7 N–H and O–H groups in total. The van der Waals surface area contributed by atoms with E-state index in [0.29, 0.717) is 21.3 Å². The van der Waals surface area contributed by atoms with Crippen LogP contribution >= 0.6 is 22.9 Å². The lowest BCUT2D eigenvalue weighted by molar-refractivity contribution is -0.136. The van der Waals surface area contributed by atoms with Crippen LogP contribution in [0.4, 0.5) is 0 Å². The van der Waals surface area contributed by atoms with Crippen LogP contribution in [0.5, 0.6) is 11.6 Å². The van der Waals surface area contributed by atoms with E-state index in [9.17, 15) is 15.0 Å². The number of nitrogens with one attached hydrogen (secondary N) is 2. The highest BCUT2D eigenvalue weighted by Gasteiger charge is 2.23. The summed E-state index contributed by atoms with van der Waals surface area (Å²) in [4.78, 5) is 24.1. The summed E-state index contributed by atoms with van der Waals surface area (Å²) < 4.78 is 0. The molecule has 0 aliphatic rings. The van der Waals surface area contributed by atoms with E-state index in [-0.39, 0.29) is 35.4 Å². The number of halogens is 1. The lowest BCUT2D eigenvalue weighted by Gasteiger charge is -2.13. The Morgan fingerprint density at radius 2 is 2.11 bits per heavy atom. The second-order valence-corrected chi connectivity index (χ2v) is 7.29. The molecule has 0 aliphatic heterocycles. The fraction of sp³-hybridized carbons (Fsp3) is 0.176. The van der Waals surface area contributed by atoms with Crippen molar-refractivity contribution >= 4 is 28.8 Å². The van der Waals surface area contributed by atoms with Gasteiger partial charge in [-0.3, -0.25) is 4.79 Å². The van der Waals surface area contributed by atoms with Crippen LogP contribution in [0, 0.1) is 0 Å². The largest absolute Gasteiger partial charge is 0.492 e. The Balaban J connectivity index is 1.84. The Hall–Kier alpha value is -2.63. The SMILES string of the molecule is NCC(NC(=O)c1cc(OO)c(-c2ccc(Cl)cc2)[nH]1)c1nc(O)c(CO)s1. The third-order valence-corrected chi connectivity index (χ3v) is 5.33. The molecule has 0 fully saturated rings. The van der Waals surface area contributed by atoms with Crippen LogP contribution in [-0.4, -0.2) is 37.9 Å². The van der Waals surface area contributed by atoms with Crippen molar-refractivity contribution in [3.05, 3.63) is 50.9 Å².